The van der Waals surface area contributed by atoms with E-state index in [1.165, 1.54) is 0 Å². The van der Waals surface area contributed by atoms with Gasteiger partial charge in [0.2, 0.25) is 11.6 Å². The van der Waals surface area contributed by atoms with Crippen molar-refractivity contribution in [3.05, 3.63) is 24.1 Å². The van der Waals surface area contributed by atoms with Gasteiger partial charge in [0, 0.05) is 5.56 Å². The van der Waals surface area contributed by atoms with Crippen LogP contribution in [0.15, 0.2) is 22.7 Å². The summed E-state index contributed by atoms with van der Waals surface area (Å²) in [4.78, 5) is 4.17. The van der Waals surface area contributed by atoms with Gasteiger partial charge in [-0.2, -0.15) is 0 Å². The normalized spacial score (nSPS) is 10.2. The number of ether oxygens (including phenoxy) is 3. The van der Waals surface area contributed by atoms with E-state index in [-0.39, 0.29) is 0 Å². The van der Waals surface area contributed by atoms with Gasteiger partial charge in [0.05, 0.1) is 27.5 Å². The van der Waals surface area contributed by atoms with Crippen molar-refractivity contribution >= 4 is 0 Å². The lowest BCUT2D eigenvalue weighted by molar-refractivity contribution is 0.324. The number of aryl methyl sites for hydroxylation is 1. The molecule has 5 nitrogen and oxygen atoms in total. The van der Waals surface area contributed by atoms with E-state index < -0.39 is 0 Å². The summed E-state index contributed by atoms with van der Waals surface area (Å²) in [5, 5.41) is 0. The Kier molecular flexibility index (Phi) is 3.41. The molecule has 2 aromatic rings. The Morgan fingerprint density at radius 3 is 2.00 bits per heavy atom. The van der Waals surface area contributed by atoms with Crippen molar-refractivity contribution in [1.29, 1.82) is 0 Å². The predicted octanol–water partition coefficient (Wildman–Crippen LogP) is 2.68. The molecule has 0 aliphatic heterocycles. The molecule has 5 heteroatoms. The van der Waals surface area contributed by atoms with E-state index in [1.54, 1.807) is 39.7 Å². The van der Waals surface area contributed by atoms with E-state index in [0.717, 1.165) is 11.3 Å². The summed E-state index contributed by atoms with van der Waals surface area (Å²) in [7, 11) is 4.71. The number of rotatable bonds is 4. The van der Waals surface area contributed by atoms with E-state index in [2.05, 4.69) is 4.98 Å². The first kappa shape index (κ1) is 12.3. The molecule has 0 atom stereocenters. The molecule has 0 N–H and O–H groups in total. The van der Waals surface area contributed by atoms with Crippen molar-refractivity contribution in [1.82, 2.24) is 4.98 Å². The number of aromatic nitrogens is 1. The van der Waals surface area contributed by atoms with Gasteiger partial charge in [-0.1, -0.05) is 0 Å². The molecule has 0 aliphatic rings. The molecule has 1 heterocycles. The first-order valence-electron chi connectivity index (χ1n) is 5.42. The number of oxazole rings is 1. The van der Waals surface area contributed by atoms with Crippen molar-refractivity contribution in [2.45, 2.75) is 6.92 Å². The third kappa shape index (κ3) is 2.11. The monoisotopic (exact) mass is 249 g/mol. The number of benzene rings is 1. The molecule has 0 radical (unpaired) electrons. The largest absolute Gasteiger partial charge is 0.493 e. The third-order valence-electron chi connectivity index (χ3n) is 2.53. The molecule has 0 amide bonds. The van der Waals surface area contributed by atoms with Gasteiger partial charge in [0.25, 0.3) is 0 Å². The molecule has 18 heavy (non-hydrogen) atoms. The second kappa shape index (κ2) is 5.00. The molecular formula is C13H15NO4. The molecule has 0 spiro atoms. The summed E-state index contributed by atoms with van der Waals surface area (Å²) in [6.07, 6.45) is 1.67. The van der Waals surface area contributed by atoms with E-state index >= 15 is 0 Å². The zero-order valence-corrected chi connectivity index (χ0v) is 10.8. The second-order valence-corrected chi connectivity index (χ2v) is 3.69. The minimum absolute atomic E-state index is 0.520. The lowest BCUT2D eigenvalue weighted by Crippen LogP contribution is -1.95. The standard InChI is InChI=1S/C13H15NO4/c1-8-7-14-13(18-8)9-5-10(15-2)12(17-4)11(6-9)16-3/h5-7H,1-4H3. The van der Waals surface area contributed by atoms with Crippen molar-refractivity contribution in [3.8, 4) is 28.7 Å². The molecular weight excluding hydrogens is 234 g/mol. The van der Waals surface area contributed by atoms with E-state index in [4.69, 9.17) is 18.6 Å². The third-order valence-corrected chi connectivity index (χ3v) is 2.53. The Balaban J connectivity index is 2.56. The van der Waals surface area contributed by atoms with Crippen molar-refractivity contribution in [2.24, 2.45) is 0 Å². The van der Waals surface area contributed by atoms with Crippen LogP contribution in [0.4, 0.5) is 0 Å². The topological polar surface area (TPSA) is 53.7 Å². The fourth-order valence-electron chi connectivity index (χ4n) is 1.69. The Hall–Kier alpha value is -2.17. The van der Waals surface area contributed by atoms with E-state index in [1.807, 2.05) is 6.92 Å². The van der Waals surface area contributed by atoms with E-state index in [9.17, 15) is 0 Å². The highest BCUT2D eigenvalue weighted by Gasteiger charge is 2.16. The molecule has 2 rings (SSSR count). The Morgan fingerprint density at radius 1 is 1.00 bits per heavy atom. The van der Waals surface area contributed by atoms with Gasteiger partial charge in [-0.05, 0) is 19.1 Å². The fraction of sp³-hybridized carbons (Fsp3) is 0.308. The van der Waals surface area contributed by atoms with Crippen LogP contribution in [0.1, 0.15) is 5.76 Å². The molecule has 0 unspecified atom stereocenters. The van der Waals surface area contributed by atoms with Crippen LogP contribution in [0, 0.1) is 6.92 Å². The van der Waals surface area contributed by atoms with Crippen LogP contribution in [0.2, 0.25) is 0 Å². The van der Waals surface area contributed by atoms with Gasteiger partial charge in [-0.3, -0.25) is 0 Å². The summed E-state index contributed by atoms with van der Waals surface area (Å²) in [5.74, 6) is 2.96. The number of hydrogen-bond acceptors (Lipinski definition) is 5. The average Bonchev–Trinajstić information content (AvgIpc) is 2.83. The summed E-state index contributed by atoms with van der Waals surface area (Å²) < 4.78 is 21.3. The maximum absolute atomic E-state index is 5.48. The van der Waals surface area contributed by atoms with Gasteiger partial charge in [0.1, 0.15) is 5.76 Å². The fourth-order valence-corrected chi connectivity index (χ4v) is 1.69. The Labute approximate surface area is 105 Å². The average molecular weight is 249 g/mol. The quantitative estimate of drug-likeness (QED) is 0.833. The first-order valence-corrected chi connectivity index (χ1v) is 5.42. The highest BCUT2D eigenvalue weighted by atomic mass is 16.5. The van der Waals surface area contributed by atoms with Gasteiger partial charge in [-0.15, -0.1) is 0 Å². The van der Waals surface area contributed by atoms with Gasteiger partial charge in [-0.25, -0.2) is 4.98 Å². The lowest BCUT2D eigenvalue weighted by Gasteiger charge is -2.12. The van der Waals surface area contributed by atoms with Crippen LogP contribution in [-0.2, 0) is 0 Å². The van der Waals surface area contributed by atoms with Crippen molar-refractivity contribution in [3.63, 3.8) is 0 Å². The van der Waals surface area contributed by atoms with Crippen molar-refractivity contribution in [2.75, 3.05) is 21.3 Å². The molecule has 0 aliphatic carbocycles. The predicted molar refractivity (Wildman–Crippen MR) is 66.3 cm³/mol. The van der Waals surface area contributed by atoms with Crippen LogP contribution in [0.3, 0.4) is 0 Å². The van der Waals surface area contributed by atoms with Gasteiger partial charge < -0.3 is 18.6 Å². The summed E-state index contributed by atoms with van der Waals surface area (Å²) in [6.45, 7) is 1.84. The maximum atomic E-state index is 5.48. The highest BCUT2D eigenvalue weighted by Crippen LogP contribution is 2.40. The molecule has 0 fully saturated rings. The molecule has 1 aromatic heterocycles. The SMILES string of the molecule is COc1cc(-c2ncc(C)o2)cc(OC)c1OC. The Bertz CT molecular complexity index is 523. The van der Waals surface area contributed by atoms with Gasteiger partial charge >= 0.3 is 0 Å². The second-order valence-electron chi connectivity index (χ2n) is 3.69. The van der Waals surface area contributed by atoms with Crippen LogP contribution < -0.4 is 14.2 Å². The van der Waals surface area contributed by atoms with E-state index in [0.29, 0.717) is 23.1 Å². The molecule has 1 aromatic carbocycles. The number of nitrogens with zero attached hydrogens (tertiary/aromatic N) is 1. The minimum atomic E-state index is 0.520. The minimum Gasteiger partial charge on any atom is -0.493 e. The smallest absolute Gasteiger partial charge is 0.226 e. The molecule has 0 bridgehead atoms. The summed E-state index contributed by atoms with van der Waals surface area (Å²) in [5.41, 5.74) is 0.776. The Morgan fingerprint density at radius 2 is 1.61 bits per heavy atom. The van der Waals surface area contributed by atoms with Crippen LogP contribution in [0.5, 0.6) is 17.2 Å². The van der Waals surface area contributed by atoms with Crippen LogP contribution in [-0.4, -0.2) is 26.3 Å². The van der Waals surface area contributed by atoms with Crippen molar-refractivity contribution < 1.29 is 18.6 Å². The first-order chi connectivity index (χ1) is 8.69. The molecule has 96 valence electrons. The lowest BCUT2D eigenvalue weighted by atomic mass is 10.2. The number of hydrogen-bond donors (Lipinski definition) is 0. The molecule has 0 saturated carbocycles. The maximum Gasteiger partial charge on any atom is 0.226 e. The van der Waals surface area contributed by atoms with Crippen LogP contribution >= 0.6 is 0 Å². The van der Waals surface area contributed by atoms with Gasteiger partial charge in [0.15, 0.2) is 11.5 Å². The zero-order chi connectivity index (χ0) is 13.1. The molecule has 0 saturated heterocycles. The zero-order valence-electron chi connectivity index (χ0n) is 10.8. The highest BCUT2D eigenvalue weighted by molar-refractivity contribution is 5.65. The summed E-state index contributed by atoms with van der Waals surface area (Å²) in [6, 6.07) is 3.60. The summed E-state index contributed by atoms with van der Waals surface area (Å²) >= 11 is 0. The number of methoxy groups -OCH3 is 3. The van der Waals surface area contributed by atoms with Crippen LogP contribution in [0.25, 0.3) is 11.5 Å².